The van der Waals surface area contributed by atoms with Gasteiger partial charge in [-0.25, -0.2) is 22.4 Å². The summed E-state index contributed by atoms with van der Waals surface area (Å²) in [4.78, 5) is 11.0. The Hall–Kier alpha value is -1.59. The van der Waals surface area contributed by atoms with Gasteiger partial charge in [0.15, 0.2) is 23.3 Å². The number of hydrogen-bond acceptors (Lipinski definition) is 2. The Bertz CT molecular complexity index is 377. The van der Waals surface area contributed by atoms with Crippen LogP contribution < -0.4 is 0 Å². The molecule has 1 aromatic rings. The van der Waals surface area contributed by atoms with Crippen molar-refractivity contribution in [2.45, 2.75) is 6.92 Å². The Kier molecular flexibility index (Phi) is 3.28. The van der Waals surface area contributed by atoms with E-state index in [0.717, 1.165) is 0 Å². The molecule has 82 valence electrons. The largest absolute Gasteiger partial charge is 0.462 e. The fourth-order valence-electron chi connectivity index (χ4n) is 0.956. The first-order valence-electron chi connectivity index (χ1n) is 3.99. The van der Waals surface area contributed by atoms with Crippen molar-refractivity contribution >= 4 is 5.97 Å². The quantitative estimate of drug-likeness (QED) is 0.436. The summed E-state index contributed by atoms with van der Waals surface area (Å²) < 4.78 is 55.4. The van der Waals surface area contributed by atoms with Gasteiger partial charge in [-0.2, -0.15) is 0 Å². The summed E-state index contributed by atoms with van der Waals surface area (Å²) in [5, 5.41) is 0. The Morgan fingerprint density at radius 1 is 1.20 bits per heavy atom. The molecule has 1 rings (SSSR count). The molecule has 0 aliphatic carbocycles. The molecule has 1 aromatic carbocycles. The van der Waals surface area contributed by atoms with Gasteiger partial charge in [0.25, 0.3) is 0 Å². The van der Waals surface area contributed by atoms with E-state index in [4.69, 9.17) is 0 Å². The van der Waals surface area contributed by atoms with E-state index < -0.39 is 34.8 Å². The summed E-state index contributed by atoms with van der Waals surface area (Å²) in [6, 6.07) is 0.0212. The first kappa shape index (κ1) is 11.5. The minimum Gasteiger partial charge on any atom is -0.462 e. The standard InChI is InChI=1S/C9H6F4O2/c1-2-15-9(14)6-7(12)4(10)3-5(11)8(6)13/h3H,2H2,1H3. The second kappa shape index (κ2) is 4.29. The predicted molar refractivity (Wildman–Crippen MR) is 42.2 cm³/mol. The molecule has 0 atom stereocenters. The van der Waals surface area contributed by atoms with Gasteiger partial charge in [0.1, 0.15) is 5.56 Å². The number of esters is 1. The van der Waals surface area contributed by atoms with Crippen LogP contribution in [0.25, 0.3) is 0 Å². The Morgan fingerprint density at radius 3 is 2.07 bits per heavy atom. The van der Waals surface area contributed by atoms with Gasteiger partial charge < -0.3 is 4.74 Å². The van der Waals surface area contributed by atoms with E-state index in [1.165, 1.54) is 6.92 Å². The minimum absolute atomic E-state index is 0.0212. The van der Waals surface area contributed by atoms with Crippen molar-refractivity contribution in [1.82, 2.24) is 0 Å². The van der Waals surface area contributed by atoms with Crippen LogP contribution in [-0.4, -0.2) is 12.6 Å². The molecule has 0 amide bonds. The van der Waals surface area contributed by atoms with Gasteiger partial charge >= 0.3 is 5.97 Å². The minimum atomic E-state index is -1.76. The molecule has 0 aliphatic heterocycles. The second-order valence-electron chi connectivity index (χ2n) is 2.56. The van der Waals surface area contributed by atoms with E-state index >= 15 is 0 Å². The molecule has 0 heterocycles. The highest BCUT2D eigenvalue weighted by Crippen LogP contribution is 2.19. The lowest BCUT2D eigenvalue weighted by atomic mass is 10.2. The summed E-state index contributed by atoms with van der Waals surface area (Å²) in [5.74, 6) is -8.24. The van der Waals surface area contributed by atoms with Crippen molar-refractivity contribution in [2.24, 2.45) is 0 Å². The van der Waals surface area contributed by atoms with E-state index in [9.17, 15) is 22.4 Å². The molecule has 0 saturated carbocycles. The molecule has 0 saturated heterocycles. The number of carbonyl (C=O) groups is 1. The molecule has 6 heteroatoms. The normalized spacial score (nSPS) is 10.2. The highest BCUT2D eigenvalue weighted by molar-refractivity contribution is 5.90. The maximum atomic E-state index is 12.9. The molecule has 15 heavy (non-hydrogen) atoms. The van der Waals surface area contributed by atoms with Crippen LogP contribution in [-0.2, 0) is 4.74 Å². The topological polar surface area (TPSA) is 26.3 Å². The summed E-state index contributed by atoms with van der Waals surface area (Å²) in [7, 11) is 0. The predicted octanol–water partition coefficient (Wildman–Crippen LogP) is 2.42. The van der Waals surface area contributed by atoms with Crippen molar-refractivity contribution < 1.29 is 27.1 Å². The third-order valence-corrected chi connectivity index (χ3v) is 1.59. The van der Waals surface area contributed by atoms with Crippen molar-refractivity contribution in [3.05, 3.63) is 34.9 Å². The van der Waals surface area contributed by atoms with Gasteiger partial charge in [-0.05, 0) is 6.92 Å². The average Bonchev–Trinajstić information content (AvgIpc) is 2.16. The molecule has 2 nitrogen and oxygen atoms in total. The van der Waals surface area contributed by atoms with Crippen LogP contribution in [0.15, 0.2) is 6.07 Å². The van der Waals surface area contributed by atoms with Gasteiger partial charge in [0, 0.05) is 6.07 Å². The van der Waals surface area contributed by atoms with Crippen LogP contribution in [0.5, 0.6) is 0 Å². The highest BCUT2D eigenvalue weighted by Gasteiger charge is 2.25. The van der Waals surface area contributed by atoms with Crippen LogP contribution in [0.2, 0.25) is 0 Å². The lowest BCUT2D eigenvalue weighted by Crippen LogP contribution is -2.13. The first-order valence-corrected chi connectivity index (χ1v) is 3.99. The van der Waals surface area contributed by atoms with E-state index in [-0.39, 0.29) is 12.7 Å². The summed E-state index contributed by atoms with van der Waals surface area (Å²) in [6.07, 6.45) is 0. The van der Waals surface area contributed by atoms with Crippen LogP contribution in [0, 0.1) is 23.3 Å². The maximum Gasteiger partial charge on any atom is 0.344 e. The summed E-state index contributed by atoms with van der Waals surface area (Å²) in [5.41, 5.74) is -1.35. The smallest absolute Gasteiger partial charge is 0.344 e. The molecule has 0 bridgehead atoms. The molecule has 0 aliphatic rings. The van der Waals surface area contributed by atoms with Crippen molar-refractivity contribution in [1.29, 1.82) is 0 Å². The van der Waals surface area contributed by atoms with Gasteiger partial charge in [0.05, 0.1) is 6.61 Å². The molecule has 0 unspecified atom stereocenters. The maximum absolute atomic E-state index is 12.9. The molecule has 0 spiro atoms. The van der Waals surface area contributed by atoms with Gasteiger partial charge in [-0.1, -0.05) is 0 Å². The molecular formula is C9H6F4O2. The van der Waals surface area contributed by atoms with E-state index in [2.05, 4.69) is 4.74 Å². The second-order valence-corrected chi connectivity index (χ2v) is 2.56. The fraction of sp³-hybridized carbons (Fsp3) is 0.222. The molecule has 0 N–H and O–H groups in total. The number of rotatable bonds is 2. The van der Waals surface area contributed by atoms with Gasteiger partial charge in [0.2, 0.25) is 0 Å². The van der Waals surface area contributed by atoms with Crippen LogP contribution in [0.3, 0.4) is 0 Å². The third-order valence-electron chi connectivity index (χ3n) is 1.59. The monoisotopic (exact) mass is 222 g/mol. The van der Waals surface area contributed by atoms with Crippen LogP contribution >= 0.6 is 0 Å². The first-order chi connectivity index (χ1) is 6.99. The van der Waals surface area contributed by atoms with Gasteiger partial charge in [-0.3, -0.25) is 0 Å². The number of hydrogen-bond donors (Lipinski definition) is 0. The lowest BCUT2D eigenvalue weighted by molar-refractivity contribution is 0.0512. The molecule has 0 aromatic heterocycles. The number of benzene rings is 1. The van der Waals surface area contributed by atoms with E-state index in [1.54, 1.807) is 0 Å². The van der Waals surface area contributed by atoms with Crippen molar-refractivity contribution in [3.63, 3.8) is 0 Å². The zero-order valence-corrected chi connectivity index (χ0v) is 7.61. The summed E-state index contributed by atoms with van der Waals surface area (Å²) in [6.45, 7) is 1.24. The summed E-state index contributed by atoms with van der Waals surface area (Å²) >= 11 is 0. The highest BCUT2D eigenvalue weighted by atomic mass is 19.2. The van der Waals surface area contributed by atoms with E-state index in [1.807, 2.05) is 0 Å². The molecule has 0 fully saturated rings. The Morgan fingerprint density at radius 2 is 1.67 bits per heavy atom. The van der Waals surface area contributed by atoms with Crippen molar-refractivity contribution in [3.8, 4) is 0 Å². The average molecular weight is 222 g/mol. The number of ether oxygens (including phenoxy) is 1. The zero-order chi connectivity index (χ0) is 11.6. The van der Waals surface area contributed by atoms with Crippen molar-refractivity contribution in [2.75, 3.05) is 6.61 Å². The lowest BCUT2D eigenvalue weighted by Gasteiger charge is -2.05. The molecular weight excluding hydrogens is 216 g/mol. The SMILES string of the molecule is CCOC(=O)c1c(F)c(F)cc(F)c1F. The van der Waals surface area contributed by atoms with Gasteiger partial charge in [-0.15, -0.1) is 0 Å². The number of carbonyl (C=O) groups excluding carboxylic acids is 1. The number of halogens is 4. The van der Waals surface area contributed by atoms with Crippen LogP contribution in [0.4, 0.5) is 17.6 Å². The Labute approximate surface area is 82.5 Å². The van der Waals surface area contributed by atoms with E-state index in [0.29, 0.717) is 0 Å². The fourth-order valence-corrected chi connectivity index (χ4v) is 0.956. The third kappa shape index (κ3) is 2.08. The van der Waals surface area contributed by atoms with Crippen LogP contribution in [0.1, 0.15) is 17.3 Å². The zero-order valence-electron chi connectivity index (χ0n) is 7.61. The molecule has 0 radical (unpaired) electrons. The Balaban J connectivity index is 3.32.